The Kier molecular flexibility index (Phi) is 4.47. The zero-order chi connectivity index (χ0) is 20.0. The van der Waals surface area contributed by atoms with Gasteiger partial charge in [0.15, 0.2) is 11.5 Å². The first-order valence-electron chi connectivity index (χ1n) is 9.78. The van der Waals surface area contributed by atoms with Crippen LogP contribution in [-0.4, -0.2) is 44.4 Å². The van der Waals surface area contributed by atoms with Crippen LogP contribution in [0.15, 0.2) is 48.7 Å². The average Bonchev–Trinajstić information content (AvgIpc) is 3.45. The summed E-state index contributed by atoms with van der Waals surface area (Å²) in [7, 11) is 0. The summed E-state index contributed by atoms with van der Waals surface area (Å²) < 4.78 is 1.94. The van der Waals surface area contributed by atoms with E-state index >= 15 is 0 Å². The summed E-state index contributed by atoms with van der Waals surface area (Å²) in [6, 6.07) is 12.8. The number of amides is 2. The lowest BCUT2D eigenvalue weighted by Crippen LogP contribution is -2.37. The molecular formula is C21H20ClN5O2. The highest BCUT2D eigenvalue weighted by Crippen LogP contribution is 2.35. The maximum atomic E-state index is 13.3. The van der Waals surface area contributed by atoms with E-state index in [1.807, 2.05) is 45.8 Å². The molecule has 29 heavy (non-hydrogen) atoms. The summed E-state index contributed by atoms with van der Waals surface area (Å²) in [5.41, 5.74) is 1.50. The predicted molar refractivity (Wildman–Crippen MR) is 109 cm³/mol. The van der Waals surface area contributed by atoms with Crippen LogP contribution in [0.25, 0.3) is 5.65 Å². The fourth-order valence-electron chi connectivity index (χ4n) is 4.39. The number of rotatable bonds is 3. The Morgan fingerprint density at radius 2 is 2.03 bits per heavy atom. The van der Waals surface area contributed by atoms with E-state index in [-0.39, 0.29) is 30.2 Å². The molecule has 0 unspecified atom stereocenters. The molecule has 0 N–H and O–H groups in total. The van der Waals surface area contributed by atoms with E-state index in [1.54, 1.807) is 17.0 Å². The van der Waals surface area contributed by atoms with Crippen LogP contribution in [0, 0.1) is 5.92 Å². The molecule has 2 aliphatic heterocycles. The van der Waals surface area contributed by atoms with E-state index in [2.05, 4.69) is 10.2 Å². The van der Waals surface area contributed by atoms with E-state index in [0.29, 0.717) is 18.1 Å². The molecule has 4 heterocycles. The van der Waals surface area contributed by atoms with E-state index in [4.69, 9.17) is 11.6 Å². The number of fused-ring (bicyclic) bond motifs is 1. The number of aromatic nitrogens is 3. The standard InChI is InChI=1S/C21H20ClN5O2/c22-15-5-3-6-16(12-15)27-13-14(11-19(27)28)21(29)25-10-4-7-17(25)20-24-23-18-8-1-2-9-26(18)20/h1-3,5-6,8-9,12,14,17H,4,7,10-11,13H2/t14-,17-/m1/s1. The molecule has 0 bridgehead atoms. The number of benzene rings is 1. The van der Waals surface area contributed by atoms with Crippen molar-refractivity contribution in [3.05, 3.63) is 59.5 Å². The Labute approximate surface area is 172 Å². The fraction of sp³-hybridized carbons (Fsp3) is 0.333. The number of hydrogen-bond donors (Lipinski definition) is 0. The third-order valence-electron chi connectivity index (χ3n) is 5.77. The number of carbonyl (C=O) groups is 2. The molecule has 8 heteroatoms. The molecule has 0 aliphatic carbocycles. The summed E-state index contributed by atoms with van der Waals surface area (Å²) >= 11 is 6.07. The minimum Gasteiger partial charge on any atom is -0.332 e. The van der Waals surface area contributed by atoms with Crippen LogP contribution in [0.3, 0.4) is 0 Å². The highest BCUT2D eigenvalue weighted by molar-refractivity contribution is 6.31. The number of hydrogen-bond acceptors (Lipinski definition) is 4. The molecule has 2 saturated heterocycles. The highest BCUT2D eigenvalue weighted by atomic mass is 35.5. The molecule has 0 saturated carbocycles. The van der Waals surface area contributed by atoms with Gasteiger partial charge in [-0.2, -0.15) is 0 Å². The Morgan fingerprint density at radius 1 is 1.14 bits per heavy atom. The van der Waals surface area contributed by atoms with Crippen molar-refractivity contribution in [1.29, 1.82) is 0 Å². The van der Waals surface area contributed by atoms with Gasteiger partial charge < -0.3 is 9.80 Å². The van der Waals surface area contributed by atoms with E-state index in [0.717, 1.165) is 30.0 Å². The number of nitrogens with zero attached hydrogens (tertiary/aromatic N) is 5. The molecule has 2 amide bonds. The number of anilines is 1. The molecule has 2 atom stereocenters. The number of likely N-dealkylation sites (tertiary alicyclic amines) is 1. The fourth-order valence-corrected chi connectivity index (χ4v) is 4.57. The smallest absolute Gasteiger partial charge is 0.228 e. The summed E-state index contributed by atoms with van der Waals surface area (Å²) in [6.07, 6.45) is 3.90. The summed E-state index contributed by atoms with van der Waals surface area (Å²) in [4.78, 5) is 29.5. The van der Waals surface area contributed by atoms with Crippen molar-refractivity contribution in [2.24, 2.45) is 5.92 Å². The minimum absolute atomic E-state index is 0.0121. The van der Waals surface area contributed by atoms with Crippen molar-refractivity contribution in [3.8, 4) is 0 Å². The quantitative estimate of drug-likeness (QED) is 0.666. The first-order valence-corrected chi connectivity index (χ1v) is 10.2. The van der Waals surface area contributed by atoms with Gasteiger partial charge in [0.2, 0.25) is 11.8 Å². The number of halogens is 1. The van der Waals surface area contributed by atoms with Gasteiger partial charge in [-0.15, -0.1) is 10.2 Å². The Balaban J connectivity index is 1.38. The van der Waals surface area contributed by atoms with Crippen molar-refractivity contribution in [1.82, 2.24) is 19.5 Å². The minimum atomic E-state index is -0.360. The van der Waals surface area contributed by atoms with E-state index < -0.39 is 0 Å². The van der Waals surface area contributed by atoms with Crippen molar-refractivity contribution >= 4 is 34.7 Å². The Morgan fingerprint density at radius 3 is 2.90 bits per heavy atom. The Bertz CT molecular complexity index is 1100. The van der Waals surface area contributed by atoms with Gasteiger partial charge in [0.05, 0.1) is 12.0 Å². The molecule has 2 fully saturated rings. The maximum absolute atomic E-state index is 13.3. The van der Waals surface area contributed by atoms with Crippen LogP contribution in [0.4, 0.5) is 5.69 Å². The molecule has 0 spiro atoms. The number of carbonyl (C=O) groups excluding carboxylic acids is 2. The van der Waals surface area contributed by atoms with Crippen molar-refractivity contribution < 1.29 is 9.59 Å². The highest BCUT2D eigenvalue weighted by Gasteiger charge is 2.41. The molecule has 2 aliphatic rings. The molecule has 7 nitrogen and oxygen atoms in total. The Hall–Kier alpha value is -2.93. The van der Waals surface area contributed by atoms with Gasteiger partial charge in [-0.1, -0.05) is 23.7 Å². The molecule has 5 rings (SSSR count). The zero-order valence-electron chi connectivity index (χ0n) is 15.7. The van der Waals surface area contributed by atoms with Gasteiger partial charge in [0.1, 0.15) is 0 Å². The van der Waals surface area contributed by atoms with Gasteiger partial charge in [-0.3, -0.25) is 14.0 Å². The third-order valence-corrected chi connectivity index (χ3v) is 6.00. The maximum Gasteiger partial charge on any atom is 0.228 e. The summed E-state index contributed by atoms with van der Waals surface area (Å²) in [5, 5.41) is 9.15. The lowest BCUT2D eigenvalue weighted by Gasteiger charge is -2.26. The average molecular weight is 410 g/mol. The number of pyridine rings is 1. The van der Waals surface area contributed by atoms with Crippen molar-refractivity contribution in [2.45, 2.75) is 25.3 Å². The molecular weight excluding hydrogens is 390 g/mol. The van der Waals surface area contributed by atoms with Crippen molar-refractivity contribution in [3.63, 3.8) is 0 Å². The van der Waals surface area contributed by atoms with Crippen LogP contribution in [0.5, 0.6) is 0 Å². The largest absolute Gasteiger partial charge is 0.332 e. The van der Waals surface area contributed by atoms with Crippen LogP contribution < -0.4 is 4.90 Å². The summed E-state index contributed by atoms with van der Waals surface area (Å²) in [5.74, 6) is 0.385. The summed E-state index contributed by atoms with van der Waals surface area (Å²) in [6.45, 7) is 1.05. The normalized spacial score (nSPS) is 22.0. The first kappa shape index (κ1) is 18.1. The zero-order valence-corrected chi connectivity index (χ0v) is 16.5. The second-order valence-electron chi connectivity index (χ2n) is 7.56. The lowest BCUT2D eigenvalue weighted by atomic mass is 10.1. The lowest BCUT2D eigenvalue weighted by molar-refractivity contribution is -0.136. The second-order valence-corrected chi connectivity index (χ2v) is 8.00. The molecule has 148 valence electrons. The molecule has 0 radical (unpaired) electrons. The monoisotopic (exact) mass is 409 g/mol. The van der Waals surface area contributed by atoms with Crippen molar-refractivity contribution in [2.75, 3.05) is 18.0 Å². The van der Waals surface area contributed by atoms with Gasteiger partial charge in [0.25, 0.3) is 0 Å². The van der Waals surface area contributed by atoms with Crippen LogP contribution >= 0.6 is 11.6 Å². The van der Waals surface area contributed by atoms with Gasteiger partial charge >= 0.3 is 0 Å². The second kappa shape index (κ2) is 7.15. The predicted octanol–water partition coefficient (Wildman–Crippen LogP) is 3.10. The van der Waals surface area contributed by atoms with Gasteiger partial charge in [-0.05, 0) is 43.2 Å². The molecule has 1 aromatic carbocycles. The SMILES string of the molecule is O=C1C[C@@H](C(=O)N2CCC[C@@H]2c2nnc3ccccn23)CN1c1cccc(Cl)c1. The molecule has 3 aromatic rings. The third kappa shape index (κ3) is 3.15. The van der Waals surface area contributed by atoms with Gasteiger partial charge in [0, 0.05) is 36.4 Å². The van der Waals surface area contributed by atoms with E-state index in [1.165, 1.54) is 0 Å². The van der Waals surface area contributed by atoms with Crippen LogP contribution in [0.2, 0.25) is 5.02 Å². The van der Waals surface area contributed by atoms with Crippen LogP contribution in [-0.2, 0) is 9.59 Å². The van der Waals surface area contributed by atoms with Crippen LogP contribution in [0.1, 0.15) is 31.1 Å². The van der Waals surface area contributed by atoms with Gasteiger partial charge in [-0.25, -0.2) is 0 Å². The topological polar surface area (TPSA) is 70.8 Å². The van der Waals surface area contributed by atoms with E-state index in [9.17, 15) is 9.59 Å². The molecule has 2 aromatic heterocycles. The first-order chi connectivity index (χ1) is 14.1.